The molecule has 1 rings (SSSR count). The van der Waals surface area contributed by atoms with Crippen molar-refractivity contribution >= 4 is 0 Å². The average Bonchev–Trinajstić information content (AvgIpc) is 2.07. The molecular weight excluding hydrogens is 160 g/mol. The topological polar surface area (TPSA) is 80.1 Å². The second kappa shape index (κ2) is 3.83. The van der Waals surface area contributed by atoms with Crippen LogP contribution in [0.3, 0.4) is 0 Å². The fourth-order valence-electron chi connectivity index (χ4n) is 1.17. The van der Waals surface area contributed by atoms with E-state index in [0.29, 0.717) is 0 Å². The molecule has 4 atom stereocenters. The third kappa shape index (κ3) is 1.73. The highest BCUT2D eigenvalue weighted by Gasteiger charge is 2.38. The smallest absolute Gasteiger partial charge is 0.291 e. The summed E-state index contributed by atoms with van der Waals surface area (Å²) in [6.45, 7) is 5.31. The summed E-state index contributed by atoms with van der Waals surface area (Å²) in [5.74, 6) is 0. The van der Waals surface area contributed by atoms with Crippen molar-refractivity contribution in [3.05, 3.63) is 4.85 Å². The zero-order valence-corrected chi connectivity index (χ0v) is 6.63. The number of hydrogen-bond acceptors (Lipinski definition) is 4. The van der Waals surface area contributed by atoms with Crippen molar-refractivity contribution in [2.24, 2.45) is 5.73 Å². The fraction of sp³-hybridized carbons (Fsp3) is 0.857. The molecule has 0 aromatic carbocycles. The summed E-state index contributed by atoms with van der Waals surface area (Å²) in [7, 11) is 0. The SMILES string of the molecule is C#[N+]CC1OCC(N)C(O)C1O. The van der Waals surface area contributed by atoms with Crippen LogP contribution in [0.25, 0.3) is 4.85 Å². The van der Waals surface area contributed by atoms with E-state index in [4.69, 9.17) is 17.0 Å². The van der Waals surface area contributed by atoms with Gasteiger partial charge in [0, 0.05) is 0 Å². The summed E-state index contributed by atoms with van der Waals surface area (Å²) in [4.78, 5) is 3.33. The number of nitrogens with zero attached hydrogens (tertiary/aromatic N) is 1. The lowest BCUT2D eigenvalue weighted by Gasteiger charge is -2.32. The molecule has 0 bridgehead atoms. The molecule has 0 amide bonds. The van der Waals surface area contributed by atoms with Gasteiger partial charge in [0.1, 0.15) is 12.2 Å². The van der Waals surface area contributed by atoms with Crippen molar-refractivity contribution in [1.82, 2.24) is 0 Å². The quantitative estimate of drug-likeness (QED) is 0.446. The summed E-state index contributed by atoms with van der Waals surface area (Å²) < 4.78 is 5.10. The monoisotopic (exact) mass is 173 g/mol. The molecule has 1 heterocycles. The largest absolute Gasteiger partial charge is 0.389 e. The van der Waals surface area contributed by atoms with Gasteiger partial charge in [0.15, 0.2) is 6.10 Å². The first kappa shape index (κ1) is 9.42. The van der Waals surface area contributed by atoms with Crippen LogP contribution >= 0.6 is 0 Å². The summed E-state index contributed by atoms with van der Waals surface area (Å²) in [5.41, 5.74) is 5.43. The van der Waals surface area contributed by atoms with Crippen molar-refractivity contribution in [3.8, 4) is 6.57 Å². The second-order valence-electron chi connectivity index (χ2n) is 2.88. The van der Waals surface area contributed by atoms with Crippen molar-refractivity contribution in [2.75, 3.05) is 13.2 Å². The summed E-state index contributed by atoms with van der Waals surface area (Å²) in [6, 6.07) is -0.533. The molecule has 0 spiro atoms. The second-order valence-corrected chi connectivity index (χ2v) is 2.88. The van der Waals surface area contributed by atoms with E-state index in [1.165, 1.54) is 0 Å². The van der Waals surface area contributed by atoms with Gasteiger partial charge in [0.2, 0.25) is 0 Å². The van der Waals surface area contributed by atoms with E-state index in [0.717, 1.165) is 0 Å². The maximum absolute atomic E-state index is 9.37. The number of hydrogen-bond donors (Lipinski definition) is 3. The zero-order chi connectivity index (χ0) is 9.14. The summed E-state index contributed by atoms with van der Waals surface area (Å²) >= 11 is 0. The van der Waals surface area contributed by atoms with Crippen LogP contribution in [0.15, 0.2) is 0 Å². The van der Waals surface area contributed by atoms with Gasteiger partial charge in [-0.1, -0.05) is 4.85 Å². The molecule has 5 heteroatoms. The van der Waals surface area contributed by atoms with Crippen molar-refractivity contribution in [1.29, 1.82) is 0 Å². The molecule has 4 N–H and O–H groups in total. The third-order valence-electron chi connectivity index (χ3n) is 1.96. The zero-order valence-electron chi connectivity index (χ0n) is 6.63. The number of nitrogens with two attached hydrogens (primary N) is 1. The fourth-order valence-corrected chi connectivity index (χ4v) is 1.17. The van der Waals surface area contributed by atoms with Crippen molar-refractivity contribution in [2.45, 2.75) is 24.4 Å². The van der Waals surface area contributed by atoms with E-state index in [9.17, 15) is 10.2 Å². The van der Waals surface area contributed by atoms with Gasteiger partial charge in [-0.15, -0.1) is 0 Å². The lowest BCUT2D eigenvalue weighted by Crippen LogP contribution is -2.57. The molecule has 12 heavy (non-hydrogen) atoms. The van der Waals surface area contributed by atoms with Gasteiger partial charge < -0.3 is 20.7 Å². The molecule has 1 saturated heterocycles. The van der Waals surface area contributed by atoms with Crippen molar-refractivity contribution < 1.29 is 14.9 Å². The van der Waals surface area contributed by atoms with Crippen LogP contribution in [0.5, 0.6) is 0 Å². The molecule has 1 aliphatic rings. The van der Waals surface area contributed by atoms with E-state index in [1.54, 1.807) is 0 Å². The summed E-state index contributed by atoms with van der Waals surface area (Å²) in [5, 5.41) is 18.7. The molecular formula is C7H13N2O3+. The Bertz CT molecular complexity index is 192. The van der Waals surface area contributed by atoms with Gasteiger partial charge in [-0.25, -0.2) is 0 Å². The Labute approximate surface area is 70.6 Å². The minimum absolute atomic E-state index is 0.172. The molecule has 0 aliphatic carbocycles. The predicted molar refractivity (Wildman–Crippen MR) is 42.9 cm³/mol. The maximum Gasteiger partial charge on any atom is 0.291 e. The van der Waals surface area contributed by atoms with E-state index in [-0.39, 0.29) is 13.2 Å². The van der Waals surface area contributed by atoms with Crippen molar-refractivity contribution in [3.63, 3.8) is 0 Å². The third-order valence-corrected chi connectivity index (χ3v) is 1.96. The molecule has 1 fully saturated rings. The normalized spacial score (nSPS) is 42.2. The Morgan fingerprint density at radius 2 is 2.17 bits per heavy atom. The van der Waals surface area contributed by atoms with Crippen LogP contribution in [0, 0.1) is 6.57 Å². The van der Waals surface area contributed by atoms with Crippen LogP contribution in [-0.4, -0.2) is 47.7 Å². The minimum atomic E-state index is -0.999. The highest BCUT2D eigenvalue weighted by Crippen LogP contribution is 2.14. The Morgan fingerprint density at radius 3 is 2.75 bits per heavy atom. The van der Waals surface area contributed by atoms with E-state index in [2.05, 4.69) is 4.85 Å². The van der Waals surface area contributed by atoms with Gasteiger partial charge in [-0.2, -0.15) is 0 Å². The van der Waals surface area contributed by atoms with E-state index >= 15 is 0 Å². The maximum atomic E-state index is 9.37. The first-order valence-corrected chi connectivity index (χ1v) is 3.77. The van der Waals surface area contributed by atoms with Gasteiger partial charge in [-0.05, 0) is 0 Å². The van der Waals surface area contributed by atoms with Gasteiger partial charge in [-0.3, -0.25) is 0 Å². The highest BCUT2D eigenvalue weighted by atomic mass is 16.5. The standard InChI is InChI=1S/C7H13N2O3/c1-9-2-5-7(11)6(10)4(8)3-12-5/h1,4-7,10-11H,2-3,8H2/q+1. The first-order chi connectivity index (χ1) is 5.66. The predicted octanol–water partition coefficient (Wildman–Crippen LogP) is -1.60. The lowest BCUT2D eigenvalue weighted by atomic mass is 9.99. The molecule has 0 aromatic heterocycles. The van der Waals surface area contributed by atoms with Gasteiger partial charge in [0.05, 0.1) is 12.6 Å². The number of rotatable bonds is 1. The molecule has 1 aliphatic heterocycles. The van der Waals surface area contributed by atoms with E-state index in [1.807, 2.05) is 0 Å². The van der Waals surface area contributed by atoms with Crippen LogP contribution < -0.4 is 5.73 Å². The Kier molecular flexibility index (Phi) is 3.00. The molecule has 4 unspecified atom stereocenters. The number of ether oxygens (including phenoxy) is 1. The average molecular weight is 173 g/mol. The molecule has 5 nitrogen and oxygen atoms in total. The Balaban J connectivity index is 2.54. The Hall–Kier alpha value is -0.670. The molecule has 0 saturated carbocycles. The van der Waals surface area contributed by atoms with Crippen LogP contribution in [-0.2, 0) is 4.74 Å². The van der Waals surface area contributed by atoms with Gasteiger partial charge in [0.25, 0.3) is 13.1 Å². The number of aliphatic hydroxyl groups excluding tert-OH is 2. The van der Waals surface area contributed by atoms with Crippen LogP contribution in [0.2, 0.25) is 0 Å². The minimum Gasteiger partial charge on any atom is -0.389 e. The molecule has 0 aromatic rings. The lowest BCUT2D eigenvalue weighted by molar-refractivity contribution is -0.137. The van der Waals surface area contributed by atoms with E-state index < -0.39 is 24.4 Å². The molecule has 0 radical (unpaired) electrons. The molecule has 68 valence electrons. The van der Waals surface area contributed by atoms with Crippen LogP contribution in [0.1, 0.15) is 0 Å². The Morgan fingerprint density at radius 1 is 1.50 bits per heavy atom. The highest BCUT2D eigenvalue weighted by molar-refractivity contribution is 4.92. The summed E-state index contributed by atoms with van der Waals surface area (Å²) in [6.07, 6.45) is -2.49. The van der Waals surface area contributed by atoms with Gasteiger partial charge >= 0.3 is 0 Å². The van der Waals surface area contributed by atoms with Crippen LogP contribution in [0.4, 0.5) is 0 Å². The number of aliphatic hydroxyl groups is 2. The first-order valence-electron chi connectivity index (χ1n) is 3.77.